The average molecular weight is 685 g/mol. The molecular formula is C30H32ClF3N4O7S. The van der Waals surface area contributed by atoms with Crippen molar-refractivity contribution in [2.45, 2.75) is 50.7 Å². The van der Waals surface area contributed by atoms with E-state index in [1.54, 1.807) is 6.92 Å². The predicted molar refractivity (Wildman–Crippen MR) is 165 cm³/mol. The number of carbonyl (C=O) groups excluding carboxylic acids is 3. The third-order valence-electron chi connectivity index (χ3n) is 6.48. The van der Waals surface area contributed by atoms with E-state index in [1.165, 1.54) is 74.5 Å². The van der Waals surface area contributed by atoms with Gasteiger partial charge in [-0.15, -0.1) is 0 Å². The van der Waals surface area contributed by atoms with E-state index in [0.29, 0.717) is 5.56 Å². The zero-order valence-corrected chi connectivity index (χ0v) is 26.5. The molecule has 3 aromatic rings. The lowest BCUT2D eigenvalue weighted by atomic mass is 9.99. The molecule has 2 amide bonds. The van der Waals surface area contributed by atoms with Crippen molar-refractivity contribution in [2.75, 3.05) is 23.0 Å². The van der Waals surface area contributed by atoms with Crippen molar-refractivity contribution in [2.24, 2.45) is 5.73 Å². The number of hydrogen-bond acceptors (Lipinski definition) is 9. The van der Waals surface area contributed by atoms with E-state index >= 15 is 0 Å². The second-order valence-electron chi connectivity index (χ2n) is 9.75. The summed E-state index contributed by atoms with van der Waals surface area (Å²) in [5.41, 5.74) is 3.12. The summed E-state index contributed by atoms with van der Waals surface area (Å²) in [7, 11) is -3.88. The normalized spacial score (nSPS) is 12.9. The van der Waals surface area contributed by atoms with Crippen LogP contribution in [-0.2, 0) is 47.8 Å². The van der Waals surface area contributed by atoms with E-state index in [4.69, 9.17) is 26.8 Å². The van der Waals surface area contributed by atoms with Crippen LogP contribution in [0.3, 0.4) is 0 Å². The van der Waals surface area contributed by atoms with Gasteiger partial charge in [-0.05, 0) is 60.5 Å². The topological polar surface area (TPSA) is 166 Å². The SMILES string of the molecule is CCOc1cccc(C(Nc2ccc(CN)c(Cl)c2)(OC(=O)C(F)(F)F)C(=O)NCc2cc(NC(C)=O)ccc2S(=O)(=O)CC)c1. The Hall–Kier alpha value is -4.34. The van der Waals surface area contributed by atoms with Crippen molar-refractivity contribution < 1.29 is 45.4 Å². The second kappa shape index (κ2) is 14.8. The maximum atomic E-state index is 14.1. The Morgan fingerprint density at radius 2 is 1.65 bits per heavy atom. The van der Waals surface area contributed by atoms with Crippen LogP contribution >= 0.6 is 11.6 Å². The summed E-state index contributed by atoms with van der Waals surface area (Å²) < 4.78 is 77.2. The predicted octanol–water partition coefficient (Wildman–Crippen LogP) is 4.64. The van der Waals surface area contributed by atoms with Gasteiger partial charge in [0.1, 0.15) is 5.75 Å². The molecule has 3 rings (SSSR count). The van der Waals surface area contributed by atoms with Crippen molar-refractivity contribution in [3.05, 3.63) is 82.4 Å². The maximum absolute atomic E-state index is 14.1. The van der Waals surface area contributed by atoms with Gasteiger partial charge in [0.15, 0.2) is 9.84 Å². The largest absolute Gasteiger partial charge is 0.494 e. The Morgan fingerprint density at radius 1 is 0.957 bits per heavy atom. The number of alkyl halides is 3. The molecule has 0 aromatic heterocycles. The van der Waals surface area contributed by atoms with Crippen LogP contribution in [0.4, 0.5) is 24.5 Å². The summed E-state index contributed by atoms with van der Waals surface area (Å²) in [5.74, 6) is -4.66. The molecule has 0 fully saturated rings. The lowest BCUT2D eigenvalue weighted by molar-refractivity contribution is -0.213. The van der Waals surface area contributed by atoms with Crippen molar-refractivity contribution >= 4 is 50.6 Å². The summed E-state index contributed by atoms with van der Waals surface area (Å²) in [6.45, 7) is 3.91. The lowest BCUT2D eigenvalue weighted by Crippen LogP contribution is -2.54. The molecule has 0 aliphatic heterocycles. The highest BCUT2D eigenvalue weighted by Crippen LogP contribution is 2.35. The first-order valence-corrected chi connectivity index (χ1v) is 15.8. The van der Waals surface area contributed by atoms with Crippen molar-refractivity contribution in [1.29, 1.82) is 0 Å². The van der Waals surface area contributed by atoms with Gasteiger partial charge in [-0.25, -0.2) is 13.2 Å². The van der Waals surface area contributed by atoms with E-state index in [1.807, 2.05) is 0 Å². The Bertz CT molecular complexity index is 1720. The molecular weight excluding hydrogens is 653 g/mol. The molecule has 5 N–H and O–H groups in total. The lowest BCUT2D eigenvalue weighted by Gasteiger charge is -2.34. The summed E-state index contributed by atoms with van der Waals surface area (Å²) in [5, 5.41) is 7.61. The number of nitrogens with one attached hydrogen (secondary N) is 3. The first kappa shape index (κ1) is 36.1. The number of ether oxygens (including phenoxy) is 2. The summed E-state index contributed by atoms with van der Waals surface area (Å²) in [6.07, 6.45) is -5.53. The first-order valence-electron chi connectivity index (χ1n) is 13.8. The van der Waals surface area contributed by atoms with Crippen LogP contribution in [0.25, 0.3) is 0 Å². The molecule has 248 valence electrons. The van der Waals surface area contributed by atoms with E-state index < -0.39 is 46.1 Å². The molecule has 0 bridgehead atoms. The van der Waals surface area contributed by atoms with Crippen LogP contribution in [0, 0.1) is 0 Å². The molecule has 16 heteroatoms. The number of anilines is 2. The summed E-state index contributed by atoms with van der Waals surface area (Å²) >= 11 is 6.28. The Morgan fingerprint density at radius 3 is 2.24 bits per heavy atom. The molecule has 11 nitrogen and oxygen atoms in total. The number of hydrogen-bond donors (Lipinski definition) is 4. The van der Waals surface area contributed by atoms with E-state index in [2.05, 4.69) is 16.0 Å². The van der Waals surface area contributed by atoms with Gasteiger partial charge < -0.3 is 31.2 Å². The molecule has 0 spiro atoms. The zero-order valence-electron chi connectivity index (χ0n) is 25.0. The van der Waals surface area contributed by atoms with Crippen LogP contribution in [0.5, 0.6) is 5.75 Å². The molecule has 0 aliphatic rings. The second-order valence-corrected chi connectivity index (χ2v) is 12.4. The number of sulfone groups is 1. The van der Waals surface area contributed by atoms with Gasteiger partial charge in [0.2, 0.25) is 5.91 Å². The third kappa shape index (κ3) is 8.68. The van der Waals surface area contributed by atoms with Crippen molar-refractivity contribution in [1.82, 2.24) is 5.32 Å². The molecule has 0 saturated heterocycles. The molecule has 1 unspecified atom stereocenters. The van der Waals surface area contributed by atoms with Crippen LogP contribution in [0.1, 0.15) is 37.5 Å². The maximum Gasteiger partial charge on any atom is 0.491 e. The van der Waals surface area contributed by atoms with Gasteiger partial charge in [0, 0.05) is 42.0 Å². The number of benzene rings is 3. The Kier molecular flexibility index (Phi) is 11.7. The van der Waals surface area contributed by atoms with Crippen molar-refractivity contribution in [3.63, 3.8) is 0 Å². The monoisotopic (exact) mass is 684 g/mol. The van der Waals surface area contributed by atoms with Gasteiger partial charge in [-0.3, -0.25) is 9.59 Å². The minimum atomic E-state index is -5.53. The van der Waals surface area contributed by atoms with Gasteiger partial charge in [0.25, 0.3) is 11.6 Å². The zero-order chi connectivity index (χ0) is 34.3. The fraction of sp³-hybridized carbons (Fsp3) is 0.300. The number of rotatable bonds is 13. The minimum Gasteiger partial charge on any atom is -0.494 e. The molecule has 0 radical (unpaired) electrons. The van der Waals surface area contributed by atoms with E-state index in [-0.39, 0.29) is 57.1 Å². The number of carbonyl (C=O) groups is 3. The highest BCUT2D eigenvalue weighted by Gasteiger charge is 2.52. The highest BCUT2D eigenvalue weighted by atomic mass is 35.5. The smallest absolute Gasteiger partial charge is 0.491 e. The van der Waals surface area contributed by atoms with Gasteiger partial charge >= 0.3 is 12.1 Å². The fourth-order valence-electron chi connectivity index (χ4n) is 4.31. The average Bonchev–Trinajstić information content (AvgIpc) is 2.99. The van der Waals surface area contributed by atoms with Gasteiger partial charge in [-0.2, -0.15) is 13.2 Å². The number of halogens is 4. The first-order chi connectivity index (χ1) is 21.6. The summed E-state index contributed by atoms with van der Waals surface area (Å²) in [6, 6.07) is 13.3. The fourth-order valence-corrected chi connectivity index (χ4v) is 5.69. The van der Waals surface area contributed by atoms with Crippen LogP contribution in [0.15, 0.2) is 65.6 Å². The molecule has 0 aliphatic carbocycles. The van der Waals surface area contributed by atoms with Gasteiger partial charge in [-0.1, -0.05) is 36.7 Å². The molecule has 3 aromatic carbocycles. The van der Waals surface area contributed by atoms with E-state index in [9.17, 15) is 36.0 Å². The number of nitrogens with two attached hydrogens (primary N) is 1. The Balaban J connectivity index is 2.22. The number of esters is 1. The van der Waals surface area contributed by atoms with Crippen LogP contribution in [0.2, 0.25) is 5.02 Å². The molecule has 0 heterocycles. The van der Waals surface area contributed by atoms with Gasteiger partial charge in [0.05, 0.1) is 17.3 Å². The quantitative estimate of drug-likeness (QED) is 0.148. The van der Waals surface area contributed by atoms with Crippen LogP contribution < -0.4 is 26.4 Å². The molecule has 0 saturated carbocycles. The Labute approximate surface area is 268 Å². The third-order valence-corrected chi connectivity index (χ3v) is 8.66. The minimum absolute atomic E-state index is 0.00379. The highest BCUT2D eigenvalue weighted by molar-refractivity contribution is 7.91. The molecule has 46 heavy (non-hydrogen) atoms. The van der Waals surface area contributed by atoms with Crippen molar-refractivity contribution in [3.8, 4) is 5.75 Å². The van der Waals surface area contributed by atoms with E-state index in [0.717, 1.165) is 0 Å². The summed E-state index contributed by atoms with van der Waals surface area (Å²) in [4.78, 5) is 38.0. The van der Waals surface area contributed by atoms with Crippen LogP contribution in [-0.4, -0.2) is 44.7 Å². The standard InChI is InChI=1S/C30H32ClF3N4O7S/c1-4-44-24-8-6-7-21(14-24)29(45-28(41)30(32,33)34,38-23-10-9-19(16-35)25(31)15-23)27(40)36-17-20-13-22(37-18(3)39)11-12-26(20)46(42,43)5-2/h6-15,38H,4-5,16-17,35H2,1-3H3,(H,36,40)(H,37,39). The number of amides is 2. The molecule has 1 atom stereocenters.